The van der Waals surface area contributed by atoms with Crippen LogP contribution in [0.4, 0.5) is 5.95 Å². The second-order valence-corrected chi connectivity index (χ2v) is 7.03. The normalized spacial score (nSPS) is 21.6. The number of carbonyl (C=O) groups excluding carboxylic acids is 1. The Kier molecular flexibility index (Phi) is 4.82. The molecule has 132 valence electrons. The van der Waals surface area contributed by atoms with Crippen LogP contribution in [0.2, 0.25) is 0 Å². The molecule has 2 aromatic rings. The molecule has 1 unspecified atom stereocenters. The maximum absolute atomic E-state index is 12.7. The maximum atomic E-state index is 12.7. The number of ether oxygens (including phenoxy) is 2. The van der Waals surface area contributed by atoms with Gasteiger partial charge in [0, 0.05) is 35.7 Å². The highest BCUT2D eigenvalue weighted by molar-refractivity contribution is 9.10. The molecule has 25 heavy (non-hydrogen) atoms. The standard InChI is InChI=1S/C17H19BrN4O3/c18-13-1-2-14-12(9-13)10-19-17(20-14)22-5-8-25-15(11-22)16(23)21-3-6-24-7-4-21/h1-2,9-10,15H,3-8,11H2. The van der Waals surface area contributed by atoms with Crippen molar-refractivity contribution < 1.29 is 14.3 Å². The van der Waals surface area contributed by atoms with Crippen molar-refractivity contribution in [2.45, 2.75) is 6.10 Å². The van der Waals surface area contributed by atoms with E-state index in [0.29, 0.717) is 51.9 Å². The summed E-state index contributed by atoms with van der Waals surface area (Å²) in [6.45, 7) is 4.06. The Morgan fingerprint density at radius 2 is 2.04 bits per heavy atom. The van der Waals surface area contributed by atoms with Crippen molar-refractivity contribution in [2.75, 3.05) is 50.9 Å². The number of fused-ring (bicyclic) bond motifs is 1. The van der Waals surface area contributed by atoms with Gasteiger partial charge < -0.3 is 19.3 Å². The molecule has 2 aliphatic heterocycles. The third-order valence-electron chi connectivity index (χ3n) is 4.48. The molecule has 0 saturated carbocycles. The molecule has 1 atom stereocenters. The van der Waals surface area contributed by atoms with Crippen LogP contribution in [0, 0.1) is 0 Å². The zero-order chi connectivity index (χ0) is 17.2. The van der Waals surface area contributed by atoms with Crippen molar-refractivity contribution >= 4 is 38.7 Å². The summed E-state index contributed by atoms with van der Waals surface area (Å²) in [5, 5.41) is 0.979. The van der Waals surface area contributed by atoms with Gasteiger partial charge in [-0.05, 0) is 18.2 Å². The predicted octanol–water partition coefficient (Wildman–Crippen LogP) is 1.46. The summed E-state index contributed by atoms with van der Waals surface area (Å²) < 4.78 is 12.0. The smallest absolute Gasteiger partial charge is 0.253 e. The first kappa shape index (κ1) is 16.7. The molecule has 2 saturated heterocycles. The Bertz CT molecular complexity index is 782. The van der Waals surface area contributed by atoms with Crippen LogP contribution in [0.3, 0.4) is 0 Å². The Hall–Kier alpha value is -1.77. The molecule has 1 amide bonds. The van der Waals surface area contributed by atoms with Crippen LogP contribution in [0.1, 0.15) is 0 Å². The lowest BCUT2D eigenvalue weighted by Crippen LogP contribution is -2.53. The third-order valence-corrected chi connectivity index (χ3v) is 4.97. The highest BCUT2D eigenvalue weighted by atomic mass is 79.9. The number of aromatic nitrogens is 2. The largest absolute Gasteiger partial charge is 0.378 e. The Morgan fingerprint density at radius 1 is 1.20 bits per heavy atom. The van der Waals surface area contributed by atoms with Crippen LogP contribution in [0.5, 0.6) is 0 Å². The number of nitrogens with zero attached hydrogens (tertiary/aromatic N) is 4. The second-order valence-electron chi connectivity index (χ2n) is 6.12. The van der Waals surface area contributed by atoms with E-state index in [9.17, 15) is 4.79 Å². The van der Waals surface area contributed by atoms with Gasteiger partial charge in [0.25, 0.3) is 5.91 Å². The quantitative estimate of drug-likeness (QED) is 0.751. The number of benzene rings is 1. The number of anilines is 1. The summed E-state index contributed by atoms with van der Waals surface area (Å²) in [4.78, 5) is 25.6. The molecule has 0 spiro atoms. The van der Waals surface area contributed by atoms with Crippen molar-refractivity contribution in [2.24, 2.45) is 0 Å². The first-order chi connectivity index (χ1) is 12.2. The van der Waals surface area contributed by atoms with Gasteiger partial charge in [-0.2, -0.15) is 0 Å². The van der Waals surface area contributed by atoms with Gasteiger partial charge in [-0.25, -0.2) is 9.97 Å². The number of halogens is 1. The van der Waals surface area contributed by atoms with E-state index < -0.39 is 6.10 Å². The van der Waals surface area contributed by atoms with Crippen LogP contribution in [0.15, 0.2) is 28.9 Å². The molecule has 3 heterocycles. The number of hydrogen-bond donors (Lipinski definition) is 0. The van der Waals surface area contributed by atoms with Gasteiger partial charge in [-0.3, -0.25) is 4.79 Å². The molecule has 0 aliphatic carbocycles. The molecule has 1 aromatic heterocycles. The van der Waals surface area contributed by atoms with Gasteiger partial charge in [0.1, 0.15) is 0 Å². The summed E-state index contributed by atoms with van der Waals surface area (Å²) in [5.74, 6) is 0.663. The van der Waals surface area contributed by atoms with Crippen LogP contribution >= 0.6 is 15.9 Å². The first-order valence-corrected chi connectivity index (χ1v) is 9.15. The van der Waals surface area contributed by atoms with Crippen LogP contribution in [-0.2, 0) is 14.3 Å². The van der Waals surface area contributed by atoms with Crippen molar-refractivity contribution in [3.8, 4) is 0 Å². The van der Waals surface area contributed by atoms with E-state index in [1.54, 1.807) is 0 Å². The van der Waals surface area contributed by atoms with Gasteiger partial charge in [0.2, 0.25) is 5.95 Å². The lowest BCUT2D eigenvalue weighted by Gasteiger charge is -2.36. The number of rotatable bonds is 2. The minimum atomic E-state index is -0.476. The summed E-state index contributed by atoms with van der Waals surface area (Å²) >= 11 is 3.46. The summed E-state index contributed by atoms with van der Waals surface area (Å²) in [5.41, 5.74) is 0.885. The molecule has 4 rings (SSSR count). The van der Waals surface area contributed by atoms with E-state index in [1.165, 1.54) is 0 Å². The zero-order valence-corrected chi connectivity index (χ0v) is 15.3. The molecule has 2 fully saturated rings. The highest BCUT2D eigenvalue weighted by Crippen LogP contribution is 2.21. The van der Waals surface area contributed by atoms with Crippen LogP contribution < -0.4 is 4.90 Å². The first-order valence-electron chi connectivity index (χ1n) is 8.36. The van der Waals surface area contributed by atoms with E-state index in [4.69, 9.17) is 9.47 Å². The van der Waals surface area contributed by atoms with E-state index in [2.05, 4.69) is 25.9 Å². The van der Waals surface area contributed by atoms with Gasteiger partial charge >= 0.3 is 0 Å². The lowest BCUT2D eigenvalue weighted by molar-refractivity contribution is -0.148. The number of amides is 1. The van der Waals surface area contributed by atoms with Gasteiger partial charge in [-0.1, -0.05) is 15.9 Å². The SMILES string of the molecule is O=C(C1CN(c2ncc3cc(Br)ccc3n2)CCO1)N1CCOCC1. The minimum absolute atomic E-state index is 0.0257. The third kappa shape index (κ3) is 3.61. The zero-order valence-electron chi connectivity index (χ0n) is 13.7. The monoisotopic (exact) mass is 406 g/mol. The summed E-state index contributed by atoms with van der Waals surface area (Å²) in [7, 11) is 0. The molecule has 0 radical (unpaired) electrons. The summed E-state index contributed by atoms with van der Waals surface area (Å²) in [6, 6.07) is 5.91. The average Bonchev–Trinajstić information content (AvgIpc) is 2.68. The topological polar surface area (TPSA) is 67.8 Å². The molecule has 0 N–H and O–H groups in total. The van der Waals surface area contributed by atoms with Crippen molar-refractivity contribution in [3.05, 3.63) is 28.9 Å². The fraction of sp³-hybridized carbons (Fsp3) is 0.471. The fourth-order valence-corrected chi connectivity index (χ4v) is 3.49. The molecule has 0 bridgehead atoms. The van der Waals surface area contributed by atoms with Gasteiger partial charge in [-0.15, -0.1) is 0 Å². The van der Waals surface area contributed by atoms with Gasteiger partial charge in [0.15, 0.2) is 6.10 Å². The van der Waals surface area contributed by atoms with Crippen LogP contribution in [-0.4, -0.2) is 72.9 Å². The van der Waals surface area contributed by atoms with E-state index in [1.807, 2.05) is 34.2 Å². The van der Waals surface area contributed by atoms with Crippen molar-refractivity contribution in [1.29, 1.82) is 0 Å². The maximum Gasteiger partial charge on any atom is 0.253 e. The molecule has 8 heteroatoms. The molecular weight excluding hydrogens is 388 g/mol. The number of morpholine rings is 2. The average molecular weight is 407 g/mol. The summed E-state index contributed by atoms with van der Waals surface area (Å²) in [6.07, 6.45) is 1.34. The van der Waals surface area contributed by atoms with E-state index in [-0.39, 0.29) is 5.91 Å². The fourth-order valence-electron chi connectivity index (χ4n) is 3.11. The van der Waals surface area contributed by atoms with Gasteiger partial charge in [0.05, 0.1) is 31.9 Å². The Morgan fingerprint density at radius 3 is 2.88 bits per heavy atom. The Balaban J connectivity index is 1.50. The number of carbonyl (C=O) groups is 1. The molecule has 1 aromatic carbocycles. The predicted molar refractivity (Wildman–Crippen MR) is 96.6 cm³/mol. The van der Waals surface area contributed by atoms with E-state index >= 15 is 0 Å². The van der Waals surface area contributed by atoms with Crippen LogP contribution in [0.25, 0.3) is 10.9 Å². The second kappa shape index (κ2) is 7.23. The molecule has 7 nitrogen and oxygen atoms in total. The minimum Gasteiger partial charge on any atom is -0.378 e. The molecule has 2 aliphatic rings. The van der Waals surface area contributed by atoms with Crippen molar-refractivity contribution in [1.82, 2.24) is 14.9 Å². The Labute approximate surface area is 154 Å². The van der Waals surface area contributed by atoms with E-state index in [0.717, 1.165) is 15.4 Å². The number of hydrogen-bond acceptors (Lipinski definition) is 6. The van der Waals surface area contributed by atoms with Crippen molar-refractivity contribution in [3.63, 3.8) is 0 Å². The lowest BCUT2D eigenvalue weighted by atomic mass is 10.2. The highest BCUT2D eigenvalue weighted by Gasteiger charge is 2.32. The molecular formula is C17H19BrN4O3.